The van der Waals surface area contributed by atoms with Crippen LogP contribution in [0.2, 0.25) is 0 Å². The van der Waals surface area contributed by atoms with E-state index < -0.39 is 41.8 Å². The number of hydrogen-bond donors (Lipinski definition) is 5. The van der Waals surface area contributed by atoms with Crippen molar-refractivity contribution in [3.8, 4) is 0 Å². The first-order chi connectivity index (χ1) is 10.6. The number of carboxylic acid groups (broad SMARTS) is 1. The average Bonchev–Trinajstić information content (AvgIpc) is 2.48. The van der Waals surface area contributed by atoms with Crippen molar-refractivity contribution in [2.24, 2.45) is 17.4 Å². The summed E-state index contributed by atoms with van der Waals surface area (Å²) in [7, 11) is 0. The monoisotopic (exact) mass is 330 g/mol. The number of hydrogen-bond acceptors (Lipinski definition) is 5. The number of aliphatic carboxylic acids is 1. The summed E-state index contributed by atoms with van der Waals surface area (Å²) in [6, 6.07) is -2.95. The number of rotatable bonds is 10. The number of primary amides is 1. The summed E-state index contributed by atoms with van der Waals surface area (Å²) in [5, 5.41) is 13.9. The predicted molar refractivity (Wildman–Crippen MR) is 83.0 cm³/mol. The minimum absolute atomic E-state index is 0.0374. The fraction of sp³-hybridized carbons (Fsp3) is 0.714. The fourth-order valence-electron chi connectivity index (χ4n) is 1.78. The highest BCUT2D eigenvalue weighted by Gasteiger charge is 2.28. The van der Waals surface area contributed by atoms with Gasteiger partial charge in [0.15, 0.2) is 0 Å². The summed E-state index contributed by atoms with van der Waals surface area (Å²) in [6.45, 7) is 4.95. The summed E-state index contributed by atoms with van der Waals surface area (Å²) < 4.78 is 0. The van der Waals surface area contributed by atoms with Gasteiger partial charge in [-0.2, -0.15) is 0 Å². The maximum atomic E-state index is 12.0. The van der Waals surface area contributed by atoms with Gasteiger partial charge in [-0.3, -0.25) is 14.4 Å². The van der Waals surface area contributed by atoms with Gasteiger partial charge in [0.2, 0.25) is 17.7 Å². The molecule has 9 nitrogen and oxygen atoms in total. The van der Waals surface area contributed by atoms with E-state index in [4.69, 9.17) is 16.6 Å². The molecule has 0 aromatic rings. The Hall–Kier alpha value is -2.16. The van der Waals surface area contributed by atoms with Crippen molar-refractivity contribution in [3.63, 3.8) is 0 Å². The van der Waals surface area contributed by atoms with Crippen LogP contribution in [0.5, 0.6) is 0 Å². The smallest absolute Gasteiger partial charge is 0.326 e. The van der Waals surface area contributed by atoms with Gasteiger partial charge < -0.3 is 27.2 Å². The summed E-state index contributed by atoms with van der Waals surface area (Å²) in [5.41, 5.74) is 10.6. The molecular formula is C14H26N4O5. The lowest BCUT2D eigenvalue weighted by Crippen LogP contribution is -2.54. The van der Waals surface area contributed by atoms with E-state index in [0.29, 0.717) is 6.42 Å². The third-order valence-corrected chi connectivity index (χ3v) is 3.57. The molecule has 23 heavy (non-hydrogen) atoms. The minimum atomic E-state index is -1.13. The van der Waals surface area contributed by atoms with Crippen LogP contribution in [-0.2, 0) is 19.2 Å². The van der Waals surface area contributed by atoms with Gasteiger partial charge in [-0.1, -0.05) is 20.3 Å². The third kappa shape index (κ3) is 7.59. The van der Waals surface area contributed by atoms with E-state index in [9.17, 15) is 19.2 Å². The van der Waals surface area contributed by atoms with Crippen LogP contribution in [0.3, 0.4) is 0 Å². The number of carboxylic acids is 1. The van der Waals surface area contributed by atoms with Gasteiger partial charge in [0.05, 0.1) is 6.04 Å². The maximum absolute atomic E-state index is 12.0. The molecule has 0 bridgehead atoms. The third-order valence-electron chi connectivity index (χ3n) is 3.57. The molecule has 0 aliphatic carbocycles. The van der Waals surface area contributed by atoms with Crippen LogP contribution in [0.25, 0.3) is 0 Å². The molecule has 0 aromatic carbocycles. The number of nitrogens with two attached hydrogens (primary N) is 2. The highest BCUT2D eigenvalue weighted by Crippen LogP contribution is 2.08. The quantitative estimate of drug-likeness (QED) is 0.334. The molecular weight excluding hydrogens is 304 g/mol. The zero-order chi connectivity index (χ0) is 18.2. The van der Waals surface area contributed by atoms with Gasteiger partial charge in [0, 0.05) is 6.42 Å². The van der Waals surface area contributed by atoms with E-state index >= 15 is 0 Å². The molecule has 4 unspecified atom stereocenters. The standard InChI is InChI=1S/C14H26N4O5/c1-4-7(2)11(14(22)23)18-12(20)8(3)17-13(21)9(15)5-6-10(16)19/h7-9,11H,4-6,15H2,1-3H3,(H2,16,19)(H,17,21)(H,18,20)(H,22,23). The van der Waals surface area contributed by atoms with Crippen LogP contribution in [0.4, 0.5) is 0 Å². The molecule has 0 aliphatic heterocycles. The lowest BCUT2D eigenvalue weighted by Gasteiger charge is -2.23. The SMILES string of the molecule is CCC(C)C(NC(=O)C(C)NC(=O)C(N)CCC(N)=O)C(=O)O. The maximum Gasteiger partial charge on any atom is 0.326 e. The van der Waals surface area contributed by atoms with Crippen LogP contribution in [0.1, 0.15) is 40.0 Å². The summed E-state index contributed by atoms with van der Waals surface area (Å²) in [4.78, 5) is 45.6. The molecule has 0 aromatic heterocycles. The predicted octanol–water partition coefficient (Wildman–Crippen LogP) is -1.30. The van der Waals surface area contributed by atoms with Crippen LogP contribution >= 0.6 is 0 Å². The number of amides is 3. The topological polar surface area (TPSA) is 165 Å². The van der Waals surface area contributed by atoms with E-state index in [0.717, 1.165) is 0 Å². The van der Waals surface area contributed by atoms with Gasteiger partial charge in [0.1, 0.15) is 12.1 Å². The highest BCUT2D eigenvalue weighted by atomic mass is 16.4. The Balaban J connectivity index is 4.56. The molecule has 7 N–H and O–H groups in total. The largest absolute Gasteiger partial charge is 0.480 e. The molecule has 4 atom stereocenters. The zero-order valence-electron chi connectivity index (χ0n) is 13.7. The Labute approximate surface area is 135 Å². The number of carbonyl (C=O) groups excluding carboxylic acids is 3. The molecule has 3 amide bonds. The van der Waals surface area contributed by atoms with Gasteiger partial charge in [-0.25, -0.2) is 4.79 Å². The molecule has 0 heterocycles. The van der Waals surface area contributed by atoms with Gasteiger partial charge in [0.25, 0.3) is 0 Å². The molecule has 0 rings (SSSR count). The molecule has 0 spiro atoms. The van der Waals surface area contributed by atoms with E-state index in [-0.39, 0.29) is 18.8 Å². The molecule has 0 saturated carbocycles. The second-order valence-electron chi connectivity index (χ2n) is 5.55. The van der Waals surface area contributed by atoms with Gasteiger partial charge in [-0.15, -0.1) is 0 Å². The lowest BCUT2D eigenvalue weighted by molar-refractivity contribution is -0.143. The second-order valence-corrected chi connectivity index (χ2v) is 5.55. The Morgan fingerprint density at radius 1 is 1.09 bits per heavy atom. The van der Waals surface area contributed by atoms with Crippen LogP contribution in [0, 0.1) is 5.92 Å². The Kier molecular flexibility index (Phi) is 8.86. The first kappa shape index (κ1) is 20.8. The molecule has 0 fully saturated rings. The van der Waals surface area contributed by atoms with Crippen molar-refractivity contribution in [3.05, 3.63) is 0 Å². The average molecular weight is 330 g/mol. The van der Waals surface area contributed by atoms with Crippen molar-refractivity contribution in [2.75, 3.05) is 0 Å². The Morgan fingerprint density at radius 2 is 1.65 bits per heavy atom. The van der Waals surface area contributed by atoms with Crippen molar-refractivity contribution in [1.82, 2.24) is 10.6 Å². The molecule has 0 radical (unpaired) electrons. The Bertz CT molecular complexity index is 454. The normalized spacial score (nSPS) is 15.8. The molecule has 0 aliphatic rings. The number of nitrogens with one attached hydrogen (secondary N) is 2. The van der Waals surface area contributed by atoms with Gasteiger partial charge in [-0.05, 0) is 19.3 Å². The number of carbonyl (C=O) groups is 4. The van der Waals surface area contributed by atoms with E-state index in [1.165, 1.54) is 6.92 Å². The zero-order valence-corrected chi connectivity index (χ0v) is 13.7. The summed E-state index contributed by atoms with van der Waals surface area (Å²) >= 11 is 0. The molecule has 0 saturated heterocycles. The van der Waals surface area contributed by atoms with Crippen LogP contribution < -0.4 is 22.1 Å². The van der Waals surface area contributed by atoms with Crippen molar-refractivity contribution >= 4 is 23.7 Å². The lowest BCUT2D eigenvalue weighted by atomic mass is 9.99. The first-order valence-electron chi connectivity index (χ1n) is 7.47. The molecule has 132 valence electrons. The van der Waals surface area contributed by atoms with E-state index in [1.807, 2.05) is 6.92 Å². The van der Waals surface area contributed by atoms with Crippen molar-refractivity contribution < 1.29 is 24.3 Å². The summed E-state index contributed by atoms with van der Waals surface area (Å²) in [6.07, 6.45) is 0.611. The van der Waals surface area contributed by atoms with E-state index in [2.05, 4.69) is 10.6 Å². The summed E-state index contributed by atoms with van der Waals surface area (Å²) in [5.74, 6) is -3.18. The van der Waals surface area contributed by atoms with E-state index in [1.54, 1.807) is 6.92 Å². The van der Waals surface area contributed by atoms with Gasteiger partial charge >= 0.3 is 5.97 Å². The minimum Gasteiger partial charge on any atom is -0.480 e. The molecule has 9 heteroatoms. The van der Waals surface area contributed by atoms with Crippen LogP contribution in [0.15, 0.2) is 0 Å². The second kappa shape index (κ2) is 9.78. The first-order valence-corrected chi connectivity index (χ1v) is 7.47. The fourth-order valence-corrected chi connectivity index (χ4v) is 1.78. The van der Waals surface area contributed by atoms with Crippen molar-refractivity contribution in [1.29, 1.82) is 0 Å². The highest BCUT2D eigenvalue weighted by molar-refractivity contribution is 5.91. The van der Waals surface area contributed by atoms with Crippen LogP contribution in [-0.4, -0.2) is 46.9 Å². The Morgan fingerprint density at radius 3 is 2.09 bits per heavy atom. The van der Waals surface area contributed by atoms with Crippen molar-refractivity contribution in [2.45, 2.75) is 58.2 Å².